The summed E-state index contributed by atoms with van der Waals surface area (Å²) in [4.78, 5) is 15.5. The quantitative estimate of drug-likeness (QED) is 0.383. The van der Waals surface area contributed by atoms with Crippen molar-refractivity contribution in [2.45, 2.75) is 12.8 Å². The van der Waals surface area contributed by atoms with E-state index in [1.165, 1.54) is 11.3 Å². The van der Waals surface area contributed by atoms with Gasteiger partial charge in [-0.25, -0.2) is 4.98 Å². The van der Waals surface area contributed by atoms with Gasteiger partial charge < -0.3 is 10.5 Å². The molecule has 1 aliphatic carbocycles. The lowest BCUT2D eigenvalue weighted by atomic mass is 10.2. The maximum atomic E-state index is 11.5. The second kappa shape index (κ2) is 5.92. The van der Waals surface area contributed by atoms with Crippen LogP contribution in [-0.4, -0.2) is 17.2 Å². The highest BCUT2D eigenvalue weighted by Gasteiger charge is 2.31. The Balaban J connectivity index is 1.54. The fourth-order valence-corrected chi connectivity index (χ4v) is 2.19. The molecular weight excluding hydrogens is 288 g/mol. The summed E-state index contributed by atoms with van der Waals surface area (Å²) in [6.07, 6.45) is 3.54. The van der Waals surface area contributed by atoms with Gasteiger partial charge in [-0.1, -0.05) is 0 Å². The van der Waals surface area contributed by atoms with Gasteiger partial charge in [0.25, 0.3) is 0 Å². The van der Waals surface area contributed by atoms with Gasteiger partial charge in [-0.15, -0.1) is 11.3 Å². The minimum Gasteiger partial charge on any atom is -0.426 e. The molecule has 0 bridgehead atoms. The average molecular weight is 302 g/mol. The second-order valence-electron chi connectivity index (χ2n) is 4.71. The Morgan fingerprint density at radius 3 is 2.81 bits per heavy atom. The molecule has 0 radical (unpaired) electrons. The number of hydrogen-bond donors (Lipinski definition) is 2. The van der Waals surface area contributed by atoms with Crippen molar-refractivity contribution in [3.05, 3.63) is 35.2 Å². The molecule has 6 nitrogen and oxygen atoms in total. The number of nitrogen functional groups attached to an aromatic ring is 1. The molecule has 1 fully saturated rings. The lowest BCUT2D eigenvalue weighted by Gasteiger charge is -2.03. The predicted octanol–water partition coefficient (Wildman–Crippen LogP) is 2.49. The van der Waals surface area contributed by atoms with Crippen LogP contribution in [0.4, 0.5) is 10.9 Å². The van der Waals surface area contributed by atoms with E-state index in [2.05, 4.69) is 15.5 Å². The molecule has 0 atom stereocenters. The van der Waals surface area contributed by atoms with Crippen LogP contribution in [0.3, 0.4) is 0 Å². The Hall–Kier alpha value is -2.41. The smallest absolute Gasteiger partial charge is 0.314 e. The molecule has 0 amide bonds. The van der Waals surface area contributed by atoms with E-state index in [9.17, 15) is 4.79 Å². The zero-order chi connectivity index (χ0) is 14.7. The number of hydrazone groups is 1. The molecule has 1 aromatic carbocycles. The number of thiazole rings is 1. The van der Waals surface area contributed by atoms with Gasteiger partial charge in [0, 0.05) is 5.38 Å². The van der Waals surface area contributed by atoms with E-state index in [1.54, 1.807) is 23.7 Å². The Bertz CT molecular complexity index is 662. The molecule has 7 heteroatoms. The predicted molar refractivity (Wildman–Crippen MR) is 82.5 cm³/mol. The van der Waals surface area contributed by atoms with E-state index < -0.39 is 0 Å². The summed E-state index contributed by atoms with van der Waals surface area (Å²) < 4.78 is 5.25. The van der Waals surface area contributed by atoms with Crippen LogP contribution >= 0.6 is 11.3 Å². The lowest BCUT2D eigenvalue weighted by molar-refractivity contribution is -0.135. The Morgan fingerprint density at radius 1 is 1.43 bits per heavy atom. The van der Waals surface area contributed by atoms with E-state index in [-0.39, 0.29) is 11.9 Å². The standard InChI is InChI=1S/C14H14N4O2S/c15-12-8-21-14(17-12)18-16-7-9-1-5-11(6-2-9)20-13(19)10-3-4-10/h1-2,5-8,10H,3-4,15H2,(H,17,18). The molecule has 1 saturated carbocycles. The normalized spacial score (nSPS) is 14.3. The molecule has 108 valence electrons. The summed E-state index contributed by atoms with van der Waals surface area (Å²) in [6, 6.07) is 7.17. The molecule has 21 heavy (non-hydrogen) atoms. The van der Waals surface area contributed by atoms with Gasteiger partial charge in [0.15, 0.2) is 0 Å². The molecule has 1 heterocycles. The summed E-state index contributed by atoms with van der Waals surface area (Å²) in [5.41, 5.74) is 9.19. The number of nitrogens with two attached hydrogens (primary N) is 1. The number of aromatic nitrogens is 1. The largest absolute Gasteiger partial charge is 0.426 e. The van der Waals surface area contributed by atoms with E-state index in [1.807, 2.05) is 12.1 Å². The molecule has 0 unspecified atom stereocenters. The van der Waals surface area contributed by atoms with E-state index >= 15 is 0 Å². The van der Waals surface area contributed by atoms with Crippen LogP contribution in [0.1, 0.15) is 18.4 Å². The first kappa shape index (κ1) is 13.6. The highest BCUT2D eigenvalue weighted by Crippen LogP contribution is 2.30. The van der Waals surface area contributed by atoms with Gasteiger partial charge in [-0.3, -0.25) is 10.2 Å². The van der Waals surface area contributed by atoms with Crippen LogP contribution in [0.15, 0.2) is 34.7 Å². The monoisotopic (exact) mass is 302 g/mol. The van der Waals surface area contributed by atoms with Crippen molar-refractivity contribution in [2.24, 2.45) is 11.0 Å². The molecular formula is C14H14N4O2S. The Morgan fingerprint density at radius 2 is 2.19 bits per heavy atom. The highest BCUT2D eigenvalue weighted by molar-refractivity contribution is 7.14. The van der Waals surface area contributed by atoms with Crippen LogP contribution in [0.5, 0.6) is 5.75 Å². The van der Waals surface area contributed by atoms with Crippen LogP contribution in [-0.2, 0) is 4.79 Å². The van der Waals surface area contributed by atoms with Crippen molar-refractivity contribution >= 4 is 34.5 Å². The first-order valence-corrected chi connectivity index (χ1v) is 7.40. The number of anilines is 2. The third-order valence-corrected chi connectivity index (χ3v) is 3.67. The molecule has 1 aliphatic rings. The maximum absolute atomic E-state index is 11.5. The molecule has 1 aromatic heterocycles. The Kier molecular flexibility index (Phi) is 3.83. The highest BCUT2D eigenvalue weighted by atomic mass is 32.1. The third kappa shape index (κ3) is 3.79. The van der Waals surface area contributed by atoms with Gasteiger partial charge in [0.05, 0.1) is 12.1 Å². The molecule has 3 N–H and O–H groups in total. The van der Waals surface area contributed by atoms with Crippen LogP contribution in [0.25, 0.3) is 0 Å². The first-order valence-electron chi connectivity index (χ1n) is 6.52. The van der Waals surface area contributed by atoms with Crippen LogP contribution < -0.4 is 15.9 Å². The fraction of sp³-hybridized carbons (Fsp3) is 0.214. The topological polar surface area (TPSA) is 89.6 Å². The number of hydrogen-bond acceptors (Lipinski definition) is 7. The molecule has 0 saturated heterocycles. The average Bonchev–Trinajstić information content (AvgIpc) is 3.25. The van der Waals surface area contributed by atoms with Gasteiger partial charge in [-0.2, -0.15) is 5.10 Å². The number of nitrogens with one attached hydrogen (secondary N) is 1. The van der Waals surface area contributed by atoms with Crippen LogP contribution in [0, 0.1) is 5.92 Å². The van der Waals surface area contributed by atoms with E-state index in [0.29, 0.717) is 16.7 Å². The van der Waals surface area contributed by atoms with Crippen molar-refractivity contribution in [3.63, 3.8) is 0 Å². The van der Waals surface area contributed by atoms with Crippen molar-refractivity contribution in [1.82, 2.24) is 4.98 Å². The summed E-state index contributed by atoms with van der Waals surface area (Å²) in [5, 5.41) is 6.44. The number of rotatable bonds is 5. The minimum absolute atomic E-state index is 0.0983. The van der Waals surface area contributed by atoms with Crippen molar-refractivity contribution in [3.8, 4) is 5.75 Å². The lowest BCUT2D eigenvalue weighted by Crippen LogP contribution is -2.09. The number of benzene rings is 1. The first-order chi connectivity index (χ1) is 10.2. The zero-order valence-electron chi connectivity index (χ0n) is 11.2. The van der Waals surface area contributed by atoms with E-state index in [4.69, 9.17) is 10.5 Å². The van der Waals surface area contributed by atoms with Gasteiger partial charge in [-0.05, 0) is 42.7 Å². The third-order valence-electron chi connectivity index (χ3n) is 2.90. The summed E-state index contributed by atoms with van der Waals surface area (Å²) >= 11 is 1.38. The van der Waals surface area contributed by atoms with Crippen molar-refractivity contribution in [1.29, 1.82) is 0 Å². The minimum atomic E-state index is -0.139. The second-order valence-corrected chi connectivity index (χ2v) is 5.57. The summed E-state index contributed by atoms with van der Waals surface area (Å²) in [7, 11) is 0. The van der Waals surface area contributed by atoms with Crippen molar-refractivity contribution < 1.29 is 9.53 Å². The Labute approximate surface area is 125 Å². The SMILES string of the molecule is Nc1csc(NN=Cc2ccc(OC(=O)C3CC3)cc2)n1. The molecule has 3 rings (SSSR count). The number of carbonyl (C=O) groups is 1. The van der Waals surface area contributed by atoms with E-state index in [0.717, 1.165) is 18.4 Å². The fourth-order valence-electron chi connectivity index (χ4n) is 1.64. The molecule has 2 aromatic rings. The molecule has 0 spiro atoms. The van der Waals surface area contributed by atoms with Gasteiger partial charge >= 0.3 is 5.97 Å². The summed E-state index contributed by atoms with van der Waals surface area (Å²) in [5.74, 6) is 0.991. The number of ether oxygens (including phenoxy) is 1. The number of carbonyl (C=O) groups excluding carboxylic acids is 1. The van der Waals surface area contributed by atoms with Gasteiger partial charge in [0.2, 0.25) is 5.13 Å². The van der Waals surface area contributed by atoms with Crippen molar-refractivity contribution in [2.75, 3.05) is 11.2 Å². The number of esters is 1. The van der Waals surface area contributed by atoms with Crippen LogP contribution in [0.2, 0.25) is 0 Å². The maximum Gasteiger partial charge on any atom is 0.314 e. The zero-order valence-corrected chi connectivity index (χ0v) is 12.0. The molecule has 0 aliphatic heterocycles. The number of nitrogens with zero attached hydrogens (tertiary/aromatic N) is 2. The summed E-state index contributed by atoms with van der Waals surface area (Å²) in [6.45, 7) is 0. The van der Waals surface area contributed by atoms with Gasteiger partial charge in [0.1, 0.15) is 11.6 Å².